The average Bonchev–Trinajstić information content (AvgIpc) is 3.02. The number of carbonyl (C=O) groups excluding carboxylic acids is 1. The van der Waals surface area contributed by atoms with Gasteiger partial charge in [-0.1, -0.05) is 23.8 Å². The average molecular weight is 282 g/mol. The monoisotopic (exact) mass is 282 g/mol. The third kappa shape index (κ3) is 4.66. The topological polar surface area (TPSA) is 80.4 Å². The van der Waals surface area contributed by atoms with E-state index in [1.807, 2.05) is 0 Å². The lowest BCUT2D eigenvalue weighted by Gasteiger charge is -2.02. The van der Waals surface area contributed by atoms with Gasteiger partial charge in [0.15, 0.2) is 11.0 Å². The van der Waals surface area contributed by atoms with E-state index in [2.05, 4.69) is 27.4 Å². The van der Waals surface area contributed by atoms with Gasteiger partial charge in [0.25, 0.3) is 0 Å². The van der Waals surface area contributed by atoms with Gasteiger partial charge in [0.2, 0.25) is 11.8 Å². The molecule has 7 heteroatoms. The quantitative estimate of drug-likeness (QED) is 0.856. The van der Waals surface area contributed by atoms with Crippen molar-refractivity contribution in [1.29, 1.82) is 0 Å². The number of aryl methyl sites for hydroxylation is 2. The van der Waals surface area contributed by atoms with Gasteiger partial charge in [-0.05, 0) is 12.8 Å². The summed E-state index contributed by atoms with van der Waals surface area (Å²) in [6.45, 7) is 2.87. The third-order valence-corrected chi connectivity index (χ3v) is 3.50. The van der Waals surface area contributed by atoms with E-state index in [4.69, 9.17) is 4.52 Å². The number of carbonyl (C=O) groups is 1. The Labute approximate surface area is 116 Å². The van der Waals surface area contributed by atoms with E-state index >= 15 is 0 Å². The van der Waals surface area contributed by atoms with Crippen molar-refractivity contribution in [3.05, 3.63) is 11.7 Å². The van der Waals surface area contributed by atoms with E-state index in [1.54, 1.807) is 11.8 Å². The van der Waals surface area contributed by atoms with Crippen molar-refractivity contribution >= 4 is 22.8 Å². The first-order chi connectivity index (χ1) is 9.28. The van der Waals surface area contributed by atoms with Crippen LogP contribution >= 0.6 is 11.8 Å². The minimum absolute atomic E-state index is 0.00134. The van der Waals surface area contributed by atoms with Gasteiger partial charge in [-0.2, -0.15) is 4.98 Å². The van der Waals surface area contributed by atoms with Crippen LogP contribution in [0.3, 0.4) is 0 Å². The second kappa shape index (κ2) is 7.28. The number of amides is 1. The molecule has 0 saturated heterocycles. The van der Waals surface area contributed by atoms with Crippen LogP contribution in [-0.4, -0.2) is 33.5 Å². The number of nitrogens with zero attached hydrogens (tertiary/aromatic N) is 3. The second-order valence-electron chi connectivity index (χ2n) is 4.29. The molecule has 0 spiro atoms. The summed E-state index contributed by atoms with van der Waals surface area (Å²) in [6, 6.07) is 0. The maximum Gasteiger partial charge on any atom is 0.226 e. The molecule has 6 nitrogen and oxygen atoms in total. The zero-order valence-corrected chi connectivity index (χ0v) is 11.8. The van der Waals surface area contributed by atoms with Crippen molar-refractivity contribution in [2.75, 3.05) is 12.3 Å². The maximum absolute atomic E-state index is 11.6. The van der Waals surface area contributed by atoms with Gasteiger partial charge >= 0.3 is 0 Å². The van der Waals surface area contributed by atoms with Gasteiger partial charge in [0, 0.05) is 25.0 Å². The predicted molar refractivity (Wildman–Crippen MR) is 74.1 cm³/mol. The van der Waals surface area contributed by atoms with E-state index in [0.717, 1.165) is 36.1 Å². The lowest BCUT2D eigenvalue weighted by atomic mass is 10.2. The molecule has 2 heterocycles. The fourth-order valence-corrected chi connectivity index (χ4v) is 2.45. The molecule has 1 N–H and O–H groups in total. The smallest absolute Gasteiger partial charge is 0.226 e. The normalized spacial score (nSPS) is 14.5. The molecule has 0 radical (unpaired) electrons. The molecule has 2 rings (SSSR count). The van der Waals surface area contributed by atoms with E-state index in [-0.39, 0.29) is 5.91 Å². The number of thioether (sulfide) groups is 1. The van der Waals surface area contributed by atoms with Crippen molar-refractivity contribution < 1.29 is 9.32 Å². The van der Waals surface area contributed by atoms with Gasteiger partial charge in [0.05, 0.1) is 6.54 Å². The Bertz CT molecular complexity index is 458. The SMILES string of the molecule is CCCc1noc(CCCC(=O)NC2=NCCS2)n1. The molecule has 0 unspecified atom stereocenters. The minimum Gasteiger partial charge on any atom is -0.339 e. The Morgan fingerprint density at radius 3 is 3.11 bits per heavy atom. The van der Waals surface area contributed by atoms with E-state index in [1.165, 1.54) is 0 Å². The largest absolute Gasteiger partial charge is 0.339 e. The zero-order valence-electron chi connectivity index (χ0n) is 11.0. The van der Waals surface area contributed by atoms with Crippen LogP contribution in [0.25, 0.3) is 0 Å². The first-order valence-electron chi connectivity index (χ1n) is 6.56. The van der Waals surface area contributed by atoms with Gasteiger partial charge in [-0.15, -0.1) is 0 Å². The summed E-state index contributed by atoms with van der Waals surface area (Å²) in [6.07, 6.45) is 3.63. The standard InChI is InChI=1S/C12H18N4O2S/c1-2-4-9-14-11(18-16-9)6-3-5-10(17)15-12-13-7-8-19-12/h2-8H2,1H3,(H,13,15,17). The van der Waals surface area contributed by atoms with Crippen LogP contribution in [-0.2, 0) is 17.6 Å². The highest BCUT2D eigenvalue weighted by molar-refractivity contribution is 8.14. The van der Waals surface area contributed by atoms with Gasteiger partial charge in [-0.25, -0.2) is 0 Å². The number of hydrogen-bond acceptors (Lipinski definition) is 6. The summed E-state index contributed by atoms with van der Waals surface area (Å²) in [7, 11) is 0. The molecule has 0 atom stereocenters. The van der Waals surface area contributed by atoms with E-state index in [9.17, 15) is 4.79 Å². The number of amidine groups is 1. The fourth-order valence-electron chi connectivity index (χ4n) is 1.71. The minimum atomic E-state index is 0.00134. The van der Waals surface area contributed by atoms with Crippen molar-refractivity contribution in [3.63, 3.8) is 0 Å². The molecular weight excluding hydrogens is 264 g/mol. The van der Waals surface area contributed by atoms with Crippen molar-refractivity contribution in [3.8, 4) is 0 Å². The Morgan fingerprint density at radius 2 is 2.37 bits per heavy atom. The van der Waals surface area contributed by atoms with Crippen LogP contribution in [0.2, 0.25) is 0 Å². The van der Waals surface area contributed by atoms with Crippen LogP contribution in [0.4, 0.5) is 0 Å². The molecule has 1 amide bonds. The molecule has 1 aliphatic heterocycles. The maximum atomic E-state index is 11.6. The lowest BCUT2D eigenvalue weighted by Crippen LogP contribution is -2.27. The number of nitrogens with one attached hydrogen (secondary N) is 1. The van der Waals surface area contributed by atoms with Gasteiger partial charge in [0.1, 0.15) is 0 Å². The van der Waals surface area contributed by atoms with Crippen LogP contribution in [0.5, 0.6) is 0 Å². The molecule has 1 aromatic rings. The molecule has 104 valence electrons. The summed E-state index contributed by atoms with van der Waals surface area (Å²) in [4.78, 5) is 20.1. The Hall–Kier alpha value is -1.37. The van der Waals surface area contributed by atoms with Gasteiger partial charge in [-0.3, -0.25) is 9.79 Å². The van der Waals surface area contributed by atoms with Crippen molar-refractivity contribution in [1.82, 2.24) is 15.5 Å². The molecular formula is C12H18N4O2S. The lowest BCUT2D eigenvalue weighted by molar-refractivity contribution is -0.119. The first kappa shape index (κ1) is 14.0. The zero-order chi connectivity index (χ0) is 13.5. The Balaban J connectivity index is 1.66. The van der Waals surface area contributed by atoms with Crippen molar-refractivity contribution in [2.24, 2.45) is 4.99 Å². The van der Waals surface area contributed by atoms with E-state index < -0.39 is 0 Å². The Morgan fingerprint density at radius 1 is 1.47 bits per heavy atom. The molecule has 1 aromatic heterocycles. The first-order valence-corrected chi connectivity index (χ1v) is 7.55. The number of aliphatic imine (C=N–C) groups is 1. The van der Waals surface area contributed by atoms with E-state index in [0.29, 0.717) is 25.2 Å². The summed E-state index contributed by atoms with van der Waals surface area (Å²) >= 11 is 1.59. The number of hydrogen-bond donors (Lipinski definition) is 1. The predicted octanol–water partition coefficient (Wildman–Crippen LogP) is 1.56. The summed E-state index contributed by atoms with van der Waals surface area (Å²) in [5, 5.41) is 7.42. The molecule has 0 aromatic carbocycles. The van der Waals surface area contributed by atoms with Crippen molar-refractivity contribution in [2.45, 2.75) is 39.0 Å². The molecule has 0 saturated carbocycles. The van der Waals surface area contributed by atoms with Crippen LogP contribution < -0.4 is 5.32 Å². The molecule has 19 heavy (non-hydrogen) atoms. The molecule has 0 bridgehead atoms. The van der Waals surface area contributed by atoms with Gasteiger partial charge < -0.3 is 9.84 Å². The third-order valence-electron chi connectivity index (χ3n) is 2.61. The summed E-state index contributed by atoms with van der Waals surface area (Å²) < 4.78 is 5.11. The number of rotatable bonds is 6. The summed E-state index contributed by atoms with van der Waals surface area (Å²) in [5.74, 6) is 2.32. The molecule has 0 fully saturated rings. The van der Waals surface area contributed by atoms with Crippen LogP contribution in [0.1, 0.15) is 37.9 Å². The van der Waals surface area contributed by atoms with Crippen LogP contribution in [0.15, 0.2) is 9.52 Å². The second-order valence-corrected chi connectivity index (χ2v) is 5.38. The highest BCUT2D eigenvalue weighted by Crippen LogP contribution is 2.09. The highest BCUT2D eigenvalue weighted by Gasteiger charge is 2.11. The van der Waals surface area contributed by atoms with Crippen LogP contribution in [0, 0.1) is 0 Å². The fraction of sp³-hybridized carbons (Fsp3) is 0.667. The summed E-state index contributed by atoms with van der Waals surface area (Å²) in [5.41, 5.74) is 0. The molecule has 0 aliphatic carbocycles. The highest BCUT2D eigenvalue weighted by atomic mass is 32.2. The molecule has 1 aliphatic rings. The Kier molecular flexibility index (Phi) is 5.38. The number of aromatic nitrogens is 2.